The third kappa shape index (κ3) is 4.35. The second-order valence-corrected chi connectivity index (χ2v) is 9.27. The van der Waals surface area contributed by atoms with E-state index in [9.17, 15) is 23.9 Å². The largest absolute Gasteiger partial charge is 0.480 e. The van der Waals surface area contributed by atoms with Gasteiger partial charge in [0.05, 0.1) is 11.4 Å². The molecule has 1 atom stereocenters. The SMILES string of the molecule is O=C(Nc1ccc(F)c(C(=O)N2CSC[C@H]2C(=O)O)c1)OCC1c2ccccc2-c2ccccc21. The molecule has 1 fully saturated rings. The minimum atomic E-state index is -1.14. The van der Waals surface area contributed by atoms with Gasteiger partial charge in [-0.05, 0) is 40.5 Å². The van der Waals surface area contributed by atoms with Gasteiger partial charge >= 0.3 is 12.1 Å². The fourth-order valence-electron chi connectivity index (χ4n) is 4.52. The molecule has 1 aliphatic heterocycles. The first-order valence-corrected chi connectivity index (χ1v) is 12.1. The van der Waals surface area contributed by atoms with Crippen molar-refractivity contribution in [2.24, 2.45) is 0 Å². The van der Waals surface area contributed by atoms with Gasteiger partial charge in [0.25, 0.3) is 5.91 Å². The Kier molecular flexibility index (Phi) is 6.17. The lowest BCUT2D eigenvalue weighted by Crippen LogP contribution is -2.42. The lowest BCUT2D eigenvalue weighted by atomic mass is 9.98. The fraction of sp³-hybridized carbons (Fsp3) is 0.192. The molecule has 1 saturated heterocycles. The van der Waals surface area contributed by atoms with E-state index in [2.05, 4.69) is 5.32 Å². The highest BCUT2D eigenvalue weighted by molar-refractivity contribution is 7.99. The Hall–Kier alpha value is -3.85. The quantitative estimate of drug-likeness (QED) is 0.532. The second kappa shape index (κ2) is 9.42. The van der Waals surface area contributed by atoms with Gasteiger partial charge < -0.3 is 14.7 Å². The molecular weight excluding hydrogens is 471 g/mol. The zero-order chi connectivity index (χ0) is 24.5. The van der Waals surface area contributed by atoms with Crippen molar-refractivity contribution in [1.82, 2.24) is 4.90 Å². The highest BCUT2D eigenvalue weighted by Crippen LogP contribution is 2.44. The second-order valence-electron chi connectivity index (χ2n) is 8.27. The summed E-state index contributed by atoms with van der Waals surface area (Å²) in [5, 5.41) is 11.9. The Morgan fingerprint density at radius 2 is 1.69 bits per heavy atom. The standard InChI is InChI=1S/C26H21FN2O5S/c27-22-10-9-15(11-20(22)24(30)29-14-35-13-23(29)25(31)32)28-26(33)34-12-21-18-7-3-1-5-16(18)17-6-2-4-8-19(17)21/h1-11,21,23H,12-14H2,(H,28,33)(H,31,32)/t23-/m0/s1. The summed E-state index contributed by atoms with van der Waals surface area (Å²) in [5.74, 6) is -2.40. The third-order valence-electron chi connectivity index (χ3n) is 6.22. The summed E-state index contributed by atoms with van der Waals surface area (Å²) in [5.41, 5.74) is 4.23. The molecule has 1 aliphatic carbocycles. The number of amides is 2. The van der Waals surface area contributed by atoms with Crippen molar-refractivity contribution < 1.29 is 28.6 Å². The number of halogens is 1. The molecule has 2 N–H and O–H groups in total. The van der Waals surface area contributed by atoms with Crippen LogP contribution in [-0.2, 0) is 9.53 Å². The smallest absolute Gasteiger partial charge is 0.411 e. The summed E-state index contributed by atoms with van der Waals surface area (Å²) in [6, 6.07) is 18.5. The molecule has 0 radical (unpaired) electrons. The van der Waals surface area contributed by atoms with Crippen molar-refractivity contribution in [1.29, 1.82) is 0 Å². The van der Waals surface area contributed by atoms with Crippen molar-refractivity contribution in [3.63, 3.8) is 0 Å². The first kappa shape index (κ1) is 22.9. The van der Waals surface area contributed by atoms with E-state index in [1.807, 2.05) is 48.5 Å². The molecule has 3 aromatic rings. The molecule has 35 heavy (non-hydrogen) atoms. The summed E-state index contributed by atoms with van der Waals surface area (Å²) in [6.07, 6.45) is -0.739. The molecule has 7 nitrogen and oxygen atoms in total. The van der Waals surface area contributed by atoms with Crippen LogP contribution < -0.4 is 5.32 Å². The van der Waals surface area contributed by atoms with E-state index in [0.717, 1.165) is 33.2 Å². The number of carbonyl (C=O) groups is 3. The molecule has 0 spiro atoms. The number of rotatable bonds is 5. The number of thioether (sulfide) groups is 1. The maximum Gasteiger partial charge on any atom is 0.411 e. The number of ether oxygens (including phenoxy) is 1. The monoisotopic (exact) mass is 492 g/mol. The number of anilines is 1. The Labute approximate surface area is 204 Å². The molecule has 178 valence electrons. The summed E-state index contributed by atoms with van der Waals surface area (Å²) < 4.78 is 19.9. The van der Waals surface area contributed by atoms with Gasteiger partial charge in [0.2, 0.25) is 0 Å². The number of carboxylic acids is 1. The van der Waals surface area contributed by atoms with Gasteiger partial charge in [0.15, 0.2) is 0 Å². The van der Waals surface area contributed by atoms with Crippen molar-refractivity contribution in [2.75, 3.05) is 23.6 Å². The van der Waals surface area contributed by atoms with Gasteiger partial charge in [-0.2, -0.15) is 0 Å². The summed E-state index contributed by atoms with van der Waals surface area (Å²) in [4.78, 5) is 37.9. The number of benzene rings is 3. The molecule has 2 aliphatic rings. The van der Waals surface area contributed by atoms with Crippen LogP contribution in [0.15, 0.2) is 66.7 Å². The van der Waals surface area contributed by atoms with Gasteiger partial charge in [-0.15, -0.1) is 11.8 Å². The van der Waals surface area contributed by atoms with Gasteiger partial charge in [-0.1, -0.05) is 48.5 Å². The molecule has 5 rings (SSSR count). The van der Waals surface area contributed by atoms with Gasteiger partial charge in [0.1, 0.15) is 18.5 Å². The Balaban J connectivity index is 1.28. The molecule has 3 aromatic carbocycles. The van der Waals surface area contributed by atoms with E-state index in [0.29, 0.717) is 0 Å². The summed E-state index contributed by atoms with van der Waals surface area (Å²) in [6.45, 7) is 0.109. The summed E-state index contributed by atoms with van der Waals surface area (Å²) in [7, 11) is 0. The average Bonchev–Trinajstić information content (AvgIpc) is 3.47. The van der Waals surface area contributed by atoms with Crippen LogP contribution >= 0.6 is 11.8 Å². The Morgan fingerprint density at radius 1 is 1.03 bits per heavy atom. The molecular formula is C26H21FN2O5S. The van der Waals surface area contributed by atoms with E-state index >= 15 is 0 Å². The van der Waals surface area contributed by atoms with Gasteiger partial charge in [-0.3, -0.25) is 10.1 Å². The minimum Gasteiger partial charge on any atom is -0.480 e. The first-order chi connectivity index (χ1) is 16.9. The van der Waals surface area contributed by atoms with E-state index in [1.54, 1.807) is 0 Å². The lowest BCUT2D eigenvalue weighted by molar-refractivity contribution is -0.140. The van der Waals surface area contributed by atoms with Crippen LogP contribution in [0, 0.1) is 5.82 Å². The Bertz CT molecular complexity index is 1290. The number of aliphatic carboxylic acids is 1. The van der Waals surface area contributed by atoms with Gasteiger partial charge in [0, 0.05) is 17.4 Å². The predicted octanol–water partition coefficient (Wildman–Crippen LogP) is 4.79. The van der Waals surface area contributed by atoms with Crippen LogP contribution in [0.3, 0.4) is 0 Å². The zero-order valence-electron chi connectivity index (χ0n) is 18.4. The highest BCUT2D eigenvalue weighted by atomic mass is 32.2. The van der Waals surface area contributed by atoms with Crippen molar-refractivity contribution in [3.05, 3.63) is 89.2 Å². The van der Waals surface area contributed by atoms with Crippen LogP contribution in [0.25, 0.3) is 11.1 Å². The van der Waals surface area contributed by atoms with E-state index < -0.39 is 29.8 Å². The van der Waals surface area contributed by atoms with Crippen LogP contribution in [-0.4, -0.2) is 52.3 Å². The maximum absolute atomic E-state index is 14.4. The molecule has 0 saturated carbocycles. The Morgan fingerprint density at radius 3 is 2.34 bits per heavy atom. The normalized spacial score (nSPS) is 16.5. The molecule has 2 amide bonds. The van der Waals surface area contributed by atoms with Crippen molar-refractivity contribution >= 4 is 35.4 Å². The number of hydrogen-bond acceptors (Lipinski definition) is 5. The number of hydrogen-bond donors (Lipinski definition) is 2. The van der Waals surface area contributed by atoms with E-state index in [4.69, 9.17) is 4.74 Å². The van der Waals surface area contributed by atoms with E-state index in [1.165, 1.54) is 23.9 Å². The number of nitrogens with zero attached hydrogens (tertiary/aromatic N) is 1. The molecule has 0 unspecified atom stereocenters. The third-order valence-corrected chi connectivity index (χ3v) is 7.23. The predicted molar refractivity (Wildman–Crippen MR) is 130 cm³/mol. The average molecular weight is 493 g/mol. The molecule has 9 heteroatoms. The molecule has 0 aromatic heterocycles. The number of nitrogens with one attached hydrogen (secondary N) is 1. The topological polar surface area (TPSA) is 95.9 Å². The molecule has 1 heterocycles. The maximum atomic E-state index is 14.4. The van der Waals surface area contributed by atoms with Crippen LogP contribution in [0.4, 0.5) is 14.9 Å². The number of fused-ring (bicyclic) bond motifs is 3. The highest BCUT2D eigenvalue weighted by Gasteiger charge is 2.36. The fourth-order valence-corrected chi connectivity index (χ4v) is 5.67. The van der Waals surface area contributed by atoms with Crippen LogP contribution in [0.5, 0.6) is 0 Å². The van der Waals surface area contributed by atoms with Gasteiger partial charge in [-0.25, -0.2) is 14.0 Å². The van der Waals surface area contributed by atoms with Crippen molar-refractivity contribution in [3.8, 4) is 11.1 Å². The lowest BCUT2D eigenvalue weighted by Gasteiger charge is -2.21. The van der Waals surface area contributed by atoms with Crippen LogP contribution in [0.1, 0.15) is 27.4 Å². The zero-order valence-corrected chi connectivity index (χ0v) is 19.3. The van der Waals surface area contributed by atoms with Crippen molar-refractivity contribution in [2.45, 2.75) is 12.0 Å². The summed E-state index contributed by atoms with van der Waals surface area (Å²) >= 11 is 1.28. The van der Waals surface area contributed by atoms with E-state index in [-0.39, 0.29) is 35.4 Å². The number of carbonyl (C=O) groups excluding carboxylic acids is 2. The minimum absolute atomic E-state index is 0.109. The number of carboxylic acid groups (broad SMARTS) is 1. The van der Waals surface area contributed by atoms with Crippen LogP contribution in [0.2, 0.25) is 0 Å². The first-order valence-electron chi connectivity index (χ1n) is 11.0. The molecule has 0 bridgehead atoms.